The molecule has 3 nitrogen and oxygen atoms in total. The third-order valence-corrected chi connectivity index (χ3v) is 3.80. The second-order valence-electron chi connectivity index (χ2n) is 4.50. The Labute approximate surface area is 104 Å². The third-order valence-electron chi connectivity index (χ3n) is 2.69. The number of rotatable bonds is 6. The molecule has 1 rings (SSSR count). The Bertz CT molecular complexity index is 454. The summed E-state index contributed by atoms with van der Waals surface area (Å²) in [5.74, 6) is 0.182. The van der Waals surface area contributed by atoms with Gasteiger partial charge in [0.05, 0.1) is 5.75 Å². The molecule has 96 valence electrons. The molecule has 1 atom stereocenters. The molecule has 17 heavy (non-hydrogen) atoms. The van der Waals surface area contributed by atoms with E-state index in [0.717, 1.165) is 13.0 Å². The van der Waals surface area contributed by atoms with Crippen LogP contribution in [0.15, 0.2) is 24.3 Å². The van der Waals surface area contributed by atoms with Crippen molar-refractivity contribution in [2.24, 2.45) is 0 Å². The molecule has 0 heterocycles. The minimum Gasteiger partial charge on any atom is -0.309 e. The predicted molar refractivity (Wildman–Crippen MR) is 71.8 cm³/mol. The molecule has 0 amide bonds. The van der Waals surface area contributed by atoms with Gasteiger partial charge in [0.25, 0.3) is 0 Å². The molecule has 1 unspecified atom stereocenters. The van der Waals surface area contributed by atoms with Crippen molar-refractivity contribution in [2.45, 2.75) is 32.9 Å². The van der Waals surface area contributed by atoms with Gasteiger partial charge in [-0.1, -0.05) is 31.2 Å². The van der Waals surface area contributed by atoms with E-state index in [4.69, 9.17) is 0 Å². The lowest BCUT2D eigenvalue weighted by molar-refractivity contribution is 0.559. The molecule has 1 aromatic carbocycles. The molecule has 1 N–H and O–H groups in total. The molecule has 0 radical (unpaired) electrons. The molecular weight excluding hydrogens is 234 g/mol. The molecule has 0 aliphatic carbocycles. The number of aryl methyl sites for hydroxylation is 1. The first-order valence-electron chi connectivity index (χ1n) is 5.90. The van der Waals surface area contributed by atoms with Crippen molar-refractivity contribution < 1.29 is 8.42 Å². The van der Waals surface area contributed by atoms with Crippen LogP contribution in [0.3, 0.4) is 0 Å². The summed E-state index contributed by atoms with van der Waals surface area (Å²) in [6.07, 6.45) is 2.27. The maximum absolute atomic E-state index is 11.1. The van der Waals surface area contributed by atoms with Crippen molar-refractivity contribution in [1.82, 2.24) is 5.32 Å². The summed E-state index contributed by atoms with van der Waals surface area (Å²) in [6, 6.07) is 8.21. The van der Waals surface area contributed by atoms with Crippen molar-refractivity contribution in [2.75, 3.05) is 12.0 Å². The first kappa shape index (κ1) is 14.2. The van der Waals surface area contributed by atoms with Gasteiger partial charge in [-0.25, -0.2) is 8.42 Å². The standard InChI is InChI=1S/C13H21NO2S/c1-4-12-7-5-6-8-13(12)9-14-11(2)10-17(3,15)16/h5-8,11,14H,4,9-10H2,1-3H3. The normalized spacial score (nSPS) is 13.6. The van der Waals surface area contributed by atoms with Gasteiger partial charge >= 0.3 is 0 Å². The Balaban J connectivity index is 2.55. The van der Waals surface area contributed by atoms with Gasteiger partial charge in [0.2, 0.25) is 0 Å². The zero-order chi connectivity index (χ0) is 12.9. The lowest BCUT2D eigenvalue weighted by Gasteiger charge is -2.14. The Morgan fingerprint density at radius 1 is 1.24 bits per heavy atom. The van der Waals surface area contributed by atoms with Gasteiger partial charge in [-0.15, -0.1) is 0 Å². The zero-order valence-corrected chi connectivity index (χ0v) is 11.5. The average molecular weight is 255 g/mol. The molecule has 0 saturated carbocycles. The Hall–Kier alpha value is -0.870. The van der Waals surface area contributed by atoms with Gasteiger partial charge in [0.1, 0.15) is 9.84 Å². The molecule has 0 aliphatic heterocycles. The number of hydrogen-bond donors (Lipinski definition) is 1. The highest BCUT2D eigenvalue weighted by molar-refractivity contribution is 7.90. The van der Waals surface area contributed by atoms with E-state index in [1.807, 2.05) is 19.1 Å². The molecule has 0 saturated heterocycles. The van der Waals surface area contributed by atoms with Crippen molar-refractivity contribution in [1.29, 1.82) is 0 Å². The Morgan fingerprint density at radius 2 is 1.82 bits per heavy atom. The van der Waals surface area contributed by atoms with Crippen LogP contribution < -0.4 is 5.32 Å². The van der Waals surface area contributed by atoms with E-state index in [9.17, 15) is 8.42 Å². The highest BCUT2D eigenvalue weighted by Gasteiger charge is 2.10. The average Bonchev–Trinajstić information content (AvgIpc) is 2.24. The van der Waals surface area contributed by atoms with Crippen molar-refractivity contribution >= 4 is 9.84 Å². The summed E-state index contributed by atoms with van der Waals surface area (Å²) in [7, 11) is -2.91. The first-order valence-corrected chi connectivity index (χ1v) is 7.96. The molecule has 0 aliphatic rings. The topological polar surface area (TPSA) is 46.2 Å². The summed E-state index contributed by atoms with van der Waals surface area (Å²) >= 11 is 0. The molecule has 0 bridgehead atoms. The molecule has 0 fully saturated rings. The number of benzene rings is 1. The minimum absolute atomic E-state index is 0.0186. The summed E-state index contributed by atoms with van der Waals surface area (Å²) in [5.41, 5.74) is 2.56. The molecule has 4 heteroatoms. The van der Waals surface area contributed by atoms with Crippen LogP contribution in [0.25, 0.3) is 0 Å². The maximum Gasteiger partial charge on any atom is 0.148 e. The molecule has 1 aromatic rings. The van der Waals surface area contributed by atoms with Crippen LogP contribution in [0.2, 0.25) is 0 Å². The van der Waals surface area contributed by atoms with E-state index >= 15 is 0 Å². The van der Waals surface area contributed by atoms with Crippen LogP contribution >= 0.6 is 0 Å². The molecule has 0 spiro atoms. The summed E-state index contributed by atoms with van der Waals surface area (Å²) in [4.78, 5) is 0. The van der Waals surface area contributed by atoms with E-state index in [2.05, 4.69) is 24.4 Å². The predicted octanol–water partition coefficient (Wildman–Crippen LogP) is 1.77. The number of sulfone groups is 1. The van der Waals surface area contributed by atoms with E-state index in [1.165, 1.54) is 17.4 Å². The molecule has 0 aromatic heterocycles. The Morgan fingerprint density at radius 3 is 2.35 bits per heavy atom. The smallest absolute Gasteiger partial charge is 0.148 e. The van der Waals surface area contributed by atoms with Crippen LogP contribution in [0.1, 0.15) is 25.0 Å². The van der Waals surface area contributed by atoms with Crippen LogP contribution in [0.5, 0.6) is 0 Å². The van der Waals surface area contributed by atoms with Gasteiger partial charge in [0.15, 0.2) is 0 Å². The zero-order valence-electron chi connectivity index (χ0n) is 10.7. The monoisotopic (exact) mass is 255 g/mol. The lowest BCUT2D eigenvalue weighted by atomic mass is 10.1. The minimum atomic E-state index is -2.91. The fourth-order valence-electron chi connectivity index (χ4n) is 1.87. The van der Waals surface area contributed by atoms with Crippen molar-refractivity contribution in [3.63, 3.8) is 0 Å². The van der Waals surface area contributed by atoms with Gasteiger partial charge in [-0.3, -0.25) is 0 Å². The highest BCUT2D eigenvalue weighted by Crippen LogP contribution is 2.09. The summed E-state index contributed by atoms with van der Waals surface area (Å²) < 4.78 is 22.3. The van der Waals surface area contributed by atoms with Gasteiger partial charge in [0, 0.05) is 18.8 Å². The fraction of sp³-hybridized carbons (Fsp3) is 0.538. The van der Waals surface area contributed by atoms with E-state index in [-0.39, 0.29) is 11.8 Å². The number of nitrogens with one attached hydrogen (secondary N) is 1. The van der Waals surface area contributed by atoms with Crippen LogP contribution in [-0.2, 0) is 22.8 Å². The van der Waals surface area contributed by atoms with Crippen molar-refractivity contribution in [3.05, 3.63) is 35.4 Å². The van der Waals surface area contributed by atoms with Crippen LogP contribution in [-0.4, -0.2) is 26.5 Å². The summed E-state index contributed by atoms with van der Waals surface area (Å²) in [6.45, 7) is 4.75. The highest BCUT2D eigenvalue weighted by atomic mass is 32.2. The first-order chi connectivity index (χ1) is 7.92. The third kappa shape index (κ3) is 5.33. The van der Waals surface area contributed by atoms with Gasteiger partial charge < -0.3 is 5.32 Å². The van der Waals surface area contributed by atoms with E-state index in [0.29, 0.717) is 0 Å². The number of hydrogen-bond acceptors (Lipinski definition) is 3. The summed E-state index contributed by atoms with van der Waals surface area (Å²) in [5, 5.41) is 3.25. The molecular formula is C13H21NO2S. The lowest BCUT2D eigenvalue weighted by Crippen LogP contribution is -2.32. The van der Waals surface area contributed by atoms with E-state index < -0.39 is 9.84 Å². The second-order valence-corrected chi connectivity index (χ2v) is 6.68. The Kier molecular flexibility index (Phi) is 5.15. The SMILES string of the molecule is CCc1ccccc1CNC(C)CS(C)(=O)=O. The van der Waals surface area contributed by atoms with Crippen LogP contribution in [0.4, 0.5) is 0 Å². The fourth-order valence-corrected chi connectivity index (χ4v) is 2.90. The second kappa shape index (κ2) is 6.17. The maximum atomic E-state index is 11.1. The van der Waals surface area contributed by atoms with Gasteiger partial charge in [-0.2, -0.15) is 0 Å². The van der Waals surface area contributed by atoms with Gasteiger partial charge in [-0.05, 0) is 24.5 Å². The van der Waals surface area contributed by atoms with E-state index in [1.54, 1.807) is 0 Å². The van der Waals surface area contributed by atoms with Crippen LogP contribution in [0, 0.1) is 0 Å². The van der Waals surface area contributed by atoms with Crippen molar-refractivity contribution in [3.8, 4) is 0 Å². The quantitative estimate of drug-likeness (QED) is 0.842. The largest absolute Gasteiger partial charge is 0.309 e.